The van der Waals surface area contributed by atoms with Gasteiger partial charge < -0.3 is 15.2 Å². The standard InChI is InChI=1S/C14H18N2O5/c1-8(2)12(9(3)17)16-11(18)7-21-10-5-4-6-15-13(10)14(19)20/h4-6,8,12H,7H2,1-3H3,(H,16,18)(H,19,20). The van der Waals surface area contributed by atoms with Crippen molar-refractivity contribution >= 4 is 17.7 Å². The lowest BCUT2D eigenvalue weighted by atomic mass is 10.0. The number of nitrogens with zero attached hydrogens (tertiary/aromatic N) is 1. The van der Waals surface area contributed by atoms with Crippen LogP contribution in [0, 0.1) is 5.92 Å². The van der Waals surface area contributed by atoms with Crippen molar-refractivity contribution < 1.29 is 24.2 Å². The molecule has 0 saturated carbocycles. The van der Waals surface area contributed by atoms with Crippen LogP contribution in [0.1, 0.15) is 31.3 Å². The minimum atomic E-state index is -1.24. The maximum Gasteiger partial charge on any atom is 0.358 e. The third kappa shape index (κ3) is 4.87. The first kappa shape index (κ1) is 16.6. The number of nitrogens with one attached hydrogen (secondary N) is 1. The quantitative estimate of drug-likeness (QED) is 0.773. The zero-order valence-corrected chi connectivity index (χ0v) is 12.1. The van der Waals surface area contributed by atoms with Crippen LogP contribution in [0.5, 0.6) is 5.75 Å². The van der Waals surface area contributed by atoms with Crippen molar-refractivity contribution in [3.05, 3.63) is 24.0 Å². The number of hydrogen-bond acceptors (Lipinski definition) is 5. The fraction of sp³-hybridized carbons (Fsp3) is 0.429. The summed E-state index contributed by atoms with van der Waals surface area (Å²) in [5.41, 5.74) is -0.266. The van der Waals surface area contributed by atoms with Crippen LogP contribution in [0.3, 0.4) is 0 Å². The van der Waals surface area contributed by atoms with Gasteiger partial charge in [-0.05, 0) is 25.0 Å². The Morgan fingerprint density at radius 1 is 1.38 bits per heavy atom. The molecule has 1 amide bonds. The zero-order valence-electron chi connectivity index (χ0n) is 12.1. The molecule has 1 rings (SSSR count). The number of carbonyl (C=O) groups excluding carboxylic acids is 2. The highest BCUT2D eigenvalue weighted by molar-refractivity contribution is 5.89. The predicted octanol–water partition coefficient (Wildman–Crippen LogP) is 0.888. The van der Waals surface area contributed by atoms with E-state index < -0.39 is 17.9 Å². The third-order valence-corrected chi connectivity index (χ3v) is 2.75. The van der Waals surface area contributed by atoms with Gasteiger partial charge in [0.1, 0.15) is 0 Å². The van der Waals surface area contributed by atoms with Gasteiger partial charge in [0.25, 0.3) is 5.91 Å². The molecule has 21 heavy (non-hydrogen) atoms. The van der Waals surface area contributed by atoms with E-state index >= 15 is 0 Å². The number of ketones is 1. The number of pyridine rings is 1. The summed E-state index contributed by atoms with van der Waals surface area (Å²) in [6.45, 7) is 4.64. The van der Waals surface area contributed by atoms with Crippen molar-refractivity contribution in [2.24, 2.45) is 5.92 Å². The molecule has 7 heteroatoms. The van der Waals surface area contributed by atoms with Gasteiger partial charge in [-0.2, -0.15) is 0 Å². The molecule has 1 heterocycles. The number of carboxylic acids is 1. The summed E-state index contributed by atoms with van der Waals surface area (Å²) in [7, 11) is 0. The first-order valence-corrected chi connectivity index (χ1v) is 6.43. The van der Waals surface area contributed by atoms with E-state index in [1.165, 1.54) is 25.3 Å². The molecule has 1 aromatic heterocycles. The SMILES string of the molecule is CC(=O)C(NC(=O)COc1cccnc1C(=O)O)C(C)C. The van der Waals surface area contributed by atoms with Gasteiger partial charge in [0, 0.05) is 6.20 Å². The van der Waals surface area contributed by atoms with E-state index in [-0.39, 0.29) is 29.8 Å². The molecule has 0 saturated heterocycles. The molecule has 0 bridgehead atoms. The van der Waals surface area contributed by atoms with Crippen molar-refractivity contribution in [3.8, 4) is 5.75 Å². The fourth-order valence-corrected chi connectivity index (χ4v) is 1.76. The highest BCUT2D eigenvalue weighted by Gasteiger charge is 2.21. The Labute approximate surface area is 122 Å². The van der Waals surface area contributed by atoms with Crippen LogP contribution in [-0.2, 0) is 9.59 Å². The van der Waals surface area contributed by atoms with Gasteiger partial charge in [0.05, 0.1) is 6.04 Å². The number of rotatable bonds is 7. The molecule has 0 aliphatic rings. The van der Waals surface area contributed by atoms with Gasteiger partial charge in [-0.3, -0.25) is 9.59 Å². The van der Waals surface area contributed by atoms with Crippen molar-refractivity contribution in [3.63, 3.8) is 0 Å². The predicted molar refractivity (Wildman–Crippen MR) is 74.1 cm³/mol. The van der Waals surface area contributed by atoms with Crippen molar-refractivity contribution in [2.45, 2.75) is 26.8 Å². The minimum absolute atomic E-state index is 0.00377. The van der Waals surface area contributed by atoms with Crippen molar-refractivity contribution in [1.29, 1.82) is 0 Å². The molecule has 0 aromatic carbocycles. The monoisotopic (exact) mass is 294 g/mol. The minimum Gasteiger partial charge on any atom is -0.481 e. The molecule has 2 N–H and O–H groups in total. The first-order chi connectivity index (χ1) is 9.82. The number of ether oxygens (including phenoxy) is 1. The van der Waals surface area contributed by atoms with Crippen molar-refractivity contribution in [1.82, 2.24) is 10.3 Å². The molecular formula is C14H18N2O5. The highest BCUT2D eigenvalue weighted by atomic mass is 16.5. The van der Waals surface area contributed by atoms with Gasteiger partial charge in [-0.1, -0.05) is 13.8 Å². The number of Topliss-reactive ketones (excluding diaryl/α,β-unsaturated/α-hetero) is 1. The Balaban J connectivity index is 2.65. The molecule has 1 atom stereocenters. The lowest BCUT2D eigenvalue weighted by Crippen LogP contribution is -2.45. The van der Waals surface area contributed by atoms with E-state index in [0.29, 0.717) is 0 Å². The second-order valence-corrected chi connectivity index (χ2v) is 4.84. The van der Waals surface area contributed by atoms with Crippen LogP contribution in [0.2, 0.25) is 0 Å². The normalized spacial score (nSPS) is 11.8. The number of amides is 1. The van der Waals surface area contributed by atoms with Crippen LogP contribution in [0.25, 0.3) is 0 Å². The smallest absolute Gasteiger partial charge is 0.358 e. The maximum atomic E-state index is 11.8. The summed E-state index contributed by atoms with van der Waals surface area (Å²) >= 11 is 0. The molecule has 7 nitrogen and oxygen atoms in total. The van der Waals surface area contributed by atoms with Gasteiger partial charge in [-0.25, -0.2) is 9.78 Å². The van der Waals surface area contributed by atoms with E-state index in [1.807, 2.05) is 13.8 Å². The second-order valence-electron chi connectivity index (χ2n) is 4.84. The summed E-state index contributed by atoms with van der Waals surface area (Å²) < 4.78 is 5.15. The van der Waals surface area contributed by atoms with Gasteiger partial charge in [-0.15, -0.1) is 0 Å². The number of aromatic nitrogens is 1. The van der Waals surface area contributed by atoms with Crippen molar-refractivity contribution in [2.75, 3.05) is 6.61 Å². The Kier molecular flexibility index (Phi) is 5.83. The van der Waals surface area contributed by atoms with Crippen LogP contribution < -0.4 is 10.1 Å². The van der Waals surface area contributed by atoms with E-state index in [0.717, 1.165) is 0 Å². The van der Waals surface area contributed by atoms with E-state index in [2.05, 4.69) is 10.3 Å². The highest BCUT2D eigenvalue weighted by Crippen LogP contribution is 2.14. The topological polar surface area (TPSA) is 106 Å². The van der Waals surface area contributed by atoms with Crippen LogP contribution in [0.4, 0.5) is 0 Å². The lowest BCUT2D eigenvalue weighted by Gasteiger charge is -2.19. The average molecular weight is 294 g/mol. The van der Waals surface area contributed by atoms with E-state index in [1.54, 1.807) is 0 Å². The first-order valence-electron chi connectivity index (χ1n) is 6.43. The maximum absolute atomic E-state index is 11.8. The van der Waals surface area contributed by atoms with Crippen LogP contribution in [0.15, 0.2) is 18.3 Å². The molecule has 0 spiro atoms. The van der Waals surface area contributed by atoms with Crippen LogP contribution in [-0.4, -0.2) is 40.4 Å². The van der Waals surface area contributed by atoms with Gasteiger partial charge in [0.2, 0.25) is 0 Å². The number of carboxylic acid groups (broad SMARTS) is 1. The Hall–Kier alpha value is -2.44. The molecule has 1 unspecified atom stereocenters. The largest absolute Gasteiger partial charge is 0.481 e. The third-order valence-electron chi connectivity index (χ3n) is 2.75. The average Bonchev–Trinajstić information content (AvgIpc) is 2.42. The molecule has 0 aliphatic carbocycles. The summed E-state index contributed by atoms with van der Waals surface area (Å²) in [4.78, 5) is 37.8. The Morgan fingerprint density at radius 3 is 2.57 bits per heavy atom. The summed E-state index contributed by atoms with van der Waals surface area (Å²) in [6, 6.07) is 2.33. The molecule has 114 valence electrons. The molecule has 0 aliphatic heterocycles. The zero-order chi connectivity index (χ0) is 16.0. The van der Waals surface area contributed by atoms with Gasteiger partial charge >= 0.3 is 5.97 Å². The van der Waals surface area contributed by atoms with E-state index in [9.17, 15) is 14.4 Å². The molecule has 1 aromatic rings. The Morgan fingerprint density at radius 2 is 2.05 bits per heavy atom. The van der Waals surface area contributed by atoms with Crippen LogP contribution >= 0.6 is 0 Å². The number of aromatic carboxylic acids is 1. The Bertz CT molecular complexity index is 542. The fourth-order valence-electron chi connectivity index (χ4n) is 1.76. The van der Waals surface area contributed by atoms with Gasteiger partial charge in [0.15, 0.2) is 23.8 Å². The van der Waals surface area contributed by atoms with E-state index in [4.69, 9.17) is 9.84 Å². The lowest BCUT2D eigenvalue weighted by molar-refractivity contribution is -0.129. The molecular weight excluding hydrogens is 276 g/mol. The number of hydrogen-bond donors (Lipinski definition) is 2. The molecule has 0 fully saturated rings. The number of carbonyl (C=O) groups is 3. The molecule has 0 radical (unpaired) electrons. The second kappa shape index (κ2) is 7.37. The summed E-state index contributed by atoms with van der Waals surface area (Å²) in [5, 5.41) is 11.5. The summed E-state index contributed by atoms with van der Waals surface area (Å²) in [6.07, 6.45) is 1.32. The summed E-state index contributed by atoms with van der Waals surface area (Å²) in [5.74, 6) is -1.92.